The van der Waals surface area contributed by atoms with E-state index in [1.807, 2.05) is 6.92 Å². The van der Waals surface area contributed by atoms with Crippen molar-refractivity contribution in [3.8, 4) is 5.75 Å². The minimum absolute atomic E-state index is 0.0942. The summed E-state index contributed by atoms with van der Waals surface area (Å²) in [5.41, 5.74) is 1.64. The summed E-state index contributed by atoms with van der Waals surface area (Å²) in [6, 6.07) is 17.6. The lowest BCUT2D eigenvalue weighted by Gasteiger charge is -2.07. The maximum absolute atomic E-state index is 12.2. The summed E-state index contributed by atoms with van der Waals surface area (Å²) < 4.78 is 10.2. The van der Waals surface area contributed by atoms with Crippen LogP contribution in [0.5, 0.6) is 5.75 Å². The summed E-state index contributed by atoms with van der Waals surface area (Å²) in [6.07, 6.45) is 0. The Labute approximate surface area is 177 Å². The highest BCUT2D eigenvalue weighted by atomic mass is 16.6. The molecule has 0 spiro atoms. The lowest BCUT2D eigenvalue weighted by molar-refractivity contribution is -0.384. The third kappa shape index (κ3) is 5.60. The van der Waals surface area contributed by atoms with Crippen molar-refractivity contribution in [2.45, 2.75) is 6.92 Å². The molecule has 0 N–H and O–H groups in total. The van der Waals surface area contributed by atoms with Crippen molar-refractivity contribution in [1.29, 1.82) is 0 Å². The van der Waals surface area contributed by atoms with Gasteiger partial charge in [-0.05, 0) is 55.5 Å². The van der Waals surface area contributed by atoms with Crippen LogP contribution in [0.4, 0.5) is 5.69 Å². The first-order chi connectivity index (χ1) is 14.8. The molecule has 3 aromatic rings. The molecular formula is C23H17NO7. The predicted molar refractivity (Wildman–Crippen MR) is 110 cm³/mol. The van der Waals surface area contributed by atoms with E-state index in [9.17, 15) is 24.5 Å². The van der Waals surface area contributed by atoms with E-state index < -0.39 is 29.3 Å². The molecule has 0 aliphatic heterocycles. The SMILES string of the molecule is Cc1ccc(C(=O)Oc2ccc(C(=O)COC(=O)c3ccc([N+](=O)[O-])cc3)cc2)cc1. The van der Waals surface area contributed by atoms with Gasteiger partial charge in [-0.3, -0.25) is 14.9 Å². The molecule has 0 saturated heterocycles. The number of aryl methyl sites for hydroxylation is 1. The monoisotopic (exact) mass is 419 g/mol. The number of hydrogen-bond donors (Lipinski definition) is 0. The maximum atomic E-state index is 12.2. The molecule has 0 unspecified atom stereocenters. The van der Waals surface area contributed by atoms with Crippen molar-refractivity contribution in [3.63, 3.8) is 0 Å². The molecule has 0 radical (unpaired) electrons. The van der Waals surface area contributed by atoms with E-state index in [1.165, 1.54) is 48.5 Å². The Morgan fingerprint density at radius 2 is 1.29 bits per heavy atom. The Morgan fingerprint density at radius 3 is 1.87 bits per heavy atom. The third-order valence-corrected chi connectivity index (χ3v) is 4.32. The second-order valence-electron chi connectivity index (χ2n) is 6.58. The van der Waals surface area contributed by atoms with Gasteiger partial charge >= 0.3 is 11.9 Å². The van der Waals surface area contributed by atoms with Gasteiger partial charge in [-0.1, -0.05) is 17.7 Å². The van der Waals surface area contributed by atoms with Crippen molar-refractivity contribution in [3.05, 3.63) is 105 Å². The first kappa shape index (κ1) is 21.4. The van der Waals surface area contributed by atoms with Gasteiger partial charge < -0.3 is 9.47 Å². The molecule has 0 heterocycles. The van der Waals surface area contributed by atoms with Gasteiger partial charge in [0.1, 0.15) is 5.75 Å². The quantitative estimate of drug-likeness (QED) is 0.186. The number of ketones is 1. The van der Waals surface area contributed by atoms with E-state index in [1.54, 1.807) is 24.3 Å². The van der Waals surface area contributed by atoms with Crippen molar-refractivity contribution in [2.24, 2.45) is 0 Å². The van der Waals surface area contributed by atoms with E-state index >= 15 is 0 Å². The van der Waals surface area contributed by atoms with Crippen LogP contribution in [-0.2, 0) is 4.74 Å². The highest BCUT2D eigenvalue weighted by Crippen LogP contribution is 2.16. The van der Waals surface area contributed by atoms with Gasteiger partial charge in [0.25, 0.3) is 5.69 Å². The normalized spacial score (nSPS) is 10.2. The van der Waals surface area contributed by atoms with Gasteiger partial charge in [0, 0.05) is 17.7 Å². The molecule has 8 heteroatoms. The minimum atomic E-state index is -0.771. The summed E-state index contributed by atoms with van der Waals surface area (Å²) in [6.45, 7) is 1.41. The molecule has 0 bridgehead atoms. The van der Waals surface area contributed by atoms with Crippen LogP contribution in [0.2, 0.25) is 0 Å². The number of hydrogen-bond acceptors (Lipinski definition) is 7. The van der Waals surface area contributed by atoms with Gasteiger partial charge in [-0.25, -0.2) is 9.59 Å². The number of Topliss-reactive ketones (excluding diaryl/α,β-unsaturated/α-hetero) is 1. The van der Waals surface area contributed by atoms with Gasteiger partial charge in [-0.15, -0.1) is 0 Å². The lowest BCUT2D eigenvalue weighted by Crippen LogP contribution is -2.14. The number of carbonyl (C=O) groups excluding carboxylic acids is 3. The zero-order valence-corrected chi connectivity index (χ0v) is 16.4. The summed E-state index contributed by atoms with van der Waals surface area (Å²) in [4.78, 5) is 46.4. The molecule has 31 heavy (non-hydrogen) atoms. The van der Waals surface area contributed by atoms with Gasteiger partial charge in [0.05, 0.1) is 16.1 Å². The fourth-order valence-electron chi connectivity index (χ4n) is 2.58. The zero-order chi connectivity index (χ0) is 22.4. The highest BCUT2D eigenvalue weighted by Gasteiger charge is 2.14. The molecule has 0 aliphatic carbocycles. The van der Waals surface area contributed by atoms with E-state index in [0.29, 0.717) is 5.56 Å². The molecule has 0 saturated carbocycles. The van der Waals surface area contributed by atoms with Gasteiger partial charge in [0.15, 0.2) is 12.4 Å². The van der Waals surface area contributed by atoms with Crippen LogP contribution in [0.25, 0.3) is 0 Å². The number of rotatable bonds is 7. The lowest BCUT2D eigenvalue weighted by atomic mass is 10.1. The Balaban J connectivity index is 1.55. The van der Waals surface area contributed by atoms with Crippen LogP contribution in [0.1, 0.15) is 36.6 Å². The summed E-state index contributed by atoms with van der Waals surface area (Å²) in [5.74, 6) is -1.47. The number of nitro groups is 1. The second kappa shape index (κ2) is 9.45. The number of benzene rings is 3. The molecule has 3 aromatic carbocycles. The smallest absolute Gasteiger partial charge is 0.343 e. The third-order valence-electron chi connectivity index (χ3n) is 4.32. The summed E-state index contributed by atoms with van der Waals surface area (Å²) in [5, 5.41) is 10.6. The molecule has 0 amide bonds. The van der Waals surface area contributed by atoms with E-state index in [-0.39, 0.29) is 22.6 Å². The van der Waals surface area contributed by atoms with Crippen molar-refractivity contribution in [2.75, 3.05) is 6.61 Å². The number of non-ortho nitro benzene ring substituents is 1. The predicted octanol–water partition coefficient (Wildman–Crippen LogP) is 4.16. The Bertz CT molecular complexity index is 1120. The molecule has 156 valence electrons. The van der Waals surface area contributed by atoms with Crippen LogP contribution in [0.15, 0.2) is 72.8 Å². The molecule has 0 aliphatic rings. The van der Waals surface area contributed by atoms with E-state index in [4.69, 9.17) is 9.47 Å². The number of nitro benzene ring substituents is 1. The van der Waals surface area contributed by atoms with Crippen LogP contribution < -0.4 is 4.74 Å². The largest absolute Gasteiger partial charge is 0.454 e. The number of esters is 2. The molecule has 0 fully saturated rings. The van der Waals surface area contributed by atoms with Gasteiger partial charge in [0.2, 0.25) is 0 Å². The van der Waals surface area contributed by atoms with E-state index in [0.717, 1.165) is 5.56 Å². The van der Waals surface area contributed by atoms with Crippen molar-refractivity contribution in [1.82, 2.24) is 0 Å². The first-order valence-electron chi connectivity index (χ1n) is 9.17. The number of nitrogens with zero attached hydrogens (tertiary/aromatic N) is 1. The highest BCUT2D eigenvalue weighted by molar-refractivity contribution is 5.99. The average Bonchev–Trinajstić information content (AvgIpc) is 2.78. The Morgan fingerprint density at radius 1 is 0.774 bits per heavy atom. The molecular weight excluding hydrogens is 402 g/mol. The fourth-order valence-corrected chi connectivity index (χ4v) is 2.58. The molecule has 0 atom stereocenters. The zero-order valence-electron chi connectivity index (χ0n) is 16.4. The van der Waals surface area contributed by atoms with Crippen molar-refractivity contribution >= 4 is 23.4 Å². The second-order valence-corrected chi connectivity index (χ2v) is 6.58. The topological polar surface area (TPSA) is 113 Å². The van der Waals surface area contributed by atoms with Gasteiger partial charge in [-0.2, -0.15) is 0 Å². The van der Waals surface area contributed by atoms with Crippen LogP contribution in [0, 0.1) is 17.0 Å². The number of ether oxygens (including phenoxy) is 2. The van der Waals surface area contributed by atoms with Crippen LogP contribution in [0.3, 0.4) is 0 Å². The Kier molecular flexibility index (Phi) is 6.51. The van der Waals surface area contributed by atoms with Crippen LogP contribution >= 0.6 is 0 Å². The molecule has 0 aromatic heterocycles. The fraction of sp³-hybridized carbons (Fsp3) is 0.0870. The standard InChI is InChI=1S/C23H17NO7/c1-15-2-4-18(5-3-15)23(27)31-20-12-8-16(9-13-20)21(25)14-30-22(26)17-6-10-19(11-7-17)24(28)29/h2-13H,14H2,1H3. The minimum Gasteiger partial charge on any atom is -0.454 e. The molecule has 8 nitrogen and oxygen atoms in total. The summed E-state index contributed by atoms with van der Waals surface area (Å²) >= 11 is 0. The van der Waals surface area contributed by atoms with Crippen LogP contribution in [-0.4, -0.2) is 29.3 Å². The Hall–Kier alpha value is -4.33. The molecule has 3 rings (SSSR count). The first-order valence-corrected chi connectivity index (χ1v) is 9.17. The van der Waals surface area contributed by atoms with Crippen molar-refractivity contribution < 1.29 is 28.8 Å². The average molecular weight is 419 g/mol. The number of carbonyl (C=O) groups is 3. The summed E-state index contributed by atoms with van der Waals surface area (Å²) in [7, 11) is 0. The maximum Gasteiger partial charge on any atom is 0.343 e. The van der Waals surface area contributed by atoms with E-state index in [2.05, 4.69) is 0 Å².